The van der Waals surface area contributed by atoms with Crippen LogP contribution in [0.2, 0.25) is 0 Å². The summed E-state index contributed by atoms with van der Waals surface area (Å²) in [5.41, 5.74) is 0. The van der Waals surface area contributed by atoms with E-state index in [9.17, 15) is 0 Å². The predicted octanol–water partition coefficient (Wildman–Crippen LogP) is 2.12. The van der Waals surface area contributed by atoms with Gasteiger partial charge in [-0.1, -0.05) is 5.16 Å². The Morgan fingerprint density at radius 1 is 1.35 bits per heavy atom. The molecule has 9 heteroatoms. The highest BCUT2D eigenvalue weighted by atomic mass is 127. The van der Waals surface area contributed by atoms with E-state index in [1.54, 1.807) is 6.92 Å². The number of halogens is 1. The first-order chi connectivity index (χ1) is 12.2. The van der Waals surface area contributed by atoms with E-state index in [1.807, 2.05) is 0 Å². The number of rotatable bonds is 6. The van der Waals surface area contributed by atoms with Gasteiger partial charge < -0.3 is 24.2 Å². The molecule has 0 saturated carbocycles. The summed E-state index contributed by atoms with van der Waals surface area (Å²) in [5, 5.41) is 7.25. The van der Waals surface area contributed by atoms with Crippen molar-refractivity contribution in [3.05, 3.63) is 11.7 Å². The lowest BCUT2D eigenvalue weighted by atomic mass is 10.1. The summed E-state index contributed by atoms with van der Waals surface area (Å²) >= 11 is 0. The van der Waals surface area contributed by atoms with Gasteiger partial charge in [-0.3, -0.25) is 0 Å². The molecule has 2 fully saturated rings. The van der Waals surface area contributed by atoms with Gasteiger partial charge >= 0.3 is 0 Å². The Kier molecular flexibility index (Phi) is 9.06. The number of likely N-dealkylation sites (tertiary alicyclic amines) is 1. The maximum Gasteiger partial charge on any atom is 0.223 e. The molecule has 0 aromatic carbocycles. The number of guanidine groups is 1. The van der Waals surface area contributed by atoms with Crippen LogP contribution < -0.4 is 5.32 Å². The summed E-state index contributed by atoms with van der Waals surface area (Å²) in [4.78, 5) is 11.1. The highest BCUT2D eigenvalue weighted by Gasteiger charge is 2.24. The quantitative estimate of drug-likeness (QED) is 0.380. The molecular weight excluding hydrogens is 449 g/mol. The Morgan fingerprint density at radius 2 is 2.15 bits per heavy atom. The van der Waals surface area contributed by atoms with Gasteiger partial charge in [0.2, 0.25) is 5.89 Å². The zero-order valence-corrected chi connectivity index (χ0v) is 18.0. The highest BCUT2D eigenvalue weighted by Crippen LogP contribution is 2.18. The molecule has 2 aliphatic rings. The van der Waals surface area contributed by atoms with E-state index < -0.39 is 0 Å². The first kappa shape index (κ1) is 21.4. The average molecular weight is 479 g/mol. The lowest BCUT2D eigenvalue weighted by molar-refractivity contribution is -0.0367. The van der Waals surface area contributed by atoms with Gasteiger partial charge in [0, 0.05) is 33.2 Å². The van der Waals surface area contributed by atoms with Crippen LogP contribution in [0.4, 0.5) is 0 Å². The van der Waals surface area contributed by atoms with Crippen LogP contribution >= 0.6 is 24.0 Å². The highest BCUT2D eigenvalue weighted by molar-refractivity contribution is 14.0. The number of ether oxygens (including phenoxy) is 2. The van der Waals surface area contributed by atoms with Gasteiger partial charge in [-0.25, -0.2) is 4.99 Å². The number of aromatic nitrogens is 2. The van der Waals surface area contributed by atoms with Crippen LogP contribution in [0.25, 0.3) is 0 Å². The second-order valence-electron chi connectivity index (χ2n) is 6.55. The number of nitrogens with one attached hydrogen (secondary N) is 1. The van der Waals surface area contributed by atoms with Crippen LogP contribution in [-0.2, 0) is 16.0 Å². The first-order valence-electron chi connectivity index (χ1n) is 9.30. The van der Waals surface area contributed by atoms with Gasteiger partial charge in [-0.05, 0) is 32.6 Å². The predicted molar refractivity (Wildman–Crippen MR) is 109 cm³/mol. The van der Waals surface area contributed by atoms with Crippen molar-refractivity contribution in [3.8, 4) is 0 Å². The molecule has 0 amide bonds. The molecule has 0 bridgehead atoms. The van der Waals surface area contributed by atoms with E-state index in [0.29, 0.717) is 30.5 Å². The van der Waals surface area contributed by atoms with Gasteiger partial charge in [0.1, 0.15) is 6.54 Å². The Labute approximate surface area is 172 Å². The van der Waals surface area contributed by atoms with Gasteiger partial charge in [0.05, 0.1) is 18.8 Å². The molecule has 26 heavy (non-hydrogen) atoms. The van der Waals surface area contributed by atoms with Crippen molar-refractivity contribution in [2.75, 3.05) is 32.8 Å². The number of aryl methyl sites for hydroxylation is 1. The monoisotopic (exact) mass is 479 g/mol. The molecule has 0 aliphatic carbocycles. The molecule has 1 N–H and O–H groups in total. The lowest BCUT2D eigenvalue weighted by Crippen LogP contribution is -2.47. The van der Waals surface area contributed by atoms with E-state index in [0.717, 1.165) is 64.5 Å². The smallest absolute Gasteiger partial charge is 0.223 e. The summed E-state index contributed by atoms with van der Waals surface area (Å²) in [7, 11) is 0. The Bertz CT molecular complexity index is 554. The number of hydrogen-bond donors (Lipinski definition) is 1. The molecule has 0 radical (unpaired) electrons. The van der Waals surface area contributed by atoms with Crippen LogP contribution in [0.5, 0.6) is 0 Å². The molecule has 1 aromatic heterocycles. The molecule has 1 aromatic rings. The minimum atomic E-state index is 0. The zero-order valence-electron chi connectivity index (χ0n) is 15.6. The minimum Gasteiger partial charge on any atom is -0.376 e. The van der Waals surface area contributed by atoms with Gasteiger partial charge in [0.25, 0.3) is 0 Å². The normalized spacial score (nSPS) is 21.7. The van der Waals surface area contributed by atoms with E-state index in [4.69, 9.17) is 14.0 Å². The van der Waals surface area contributed by atoms with E-state index in [2.05, 4.69) is 32.3 Å². The second kappa shape index (κ2) is 11.0. The van der Waals surface area contributed by atoms with Crippen LogP contribution in [0, 0.1) is 6.92 Å². The molecule has 1 atom stereocenters. The molecule has 3 rings (SSSR count). The average Bonchev–Trinajstić information content (AvgIpc) is 3.29. The summed E-state index contributed by atoms with van der Waals surface area (Å²) in [6.07, 6.45) is 4.94. The van der Waals surface area contributed by atoms with Crippen molar-refractivity contribution < 1.29 is 14.0 Å². The van der Waals surface area contributed by atoms with Gasteiger partial charge in [-0.2, -0.15) is 4.98 Å². The Morgan fingerprint density at radius 3 is 2.77 bits per heavy atom. The number of aliphatic imine (C=N–C) groups is 1. The maximum absolute atomic E-state index is 6.04. The van der Waals surface area contributed by atoms with Crippen LogP contribution in [0.1, 0.15) is 44.3 Å². The molecule has 2 saturated heterocycles. The fourth-order valence-electron chi connectivity index (χ4n) is 3.23. The fraction of sp³-hybridized carbons (Fsp3) is 0.824. The maximum atomic E-state index is 6.04. The third-order valence-corrected chi connectivity index (χ3v) is 4.56. The van der Waals surface area contributed by atoms with E-state index in [-0.39, 0.29) is 24.0 Å². The summed E-state index contributed by atoms with van der Waals surface area (Å²) in [6.45, 7) is 8.61. The minimum absolute atomic E-state index is 0. The van der Waals surface area contributed by atoms with Crippen molar-refractivity contribution in [1.29, 1.82) is 0 Å². The van der Waals surface area contributed by atoms with E-state index in [1.165, 1.54) is 0 Å². The molecule has 1 unspecified atom stereocenters. The van der Waals surface area contributed by atoms with Crippen molar-refractivity contribution in [3.63, 3.8) is 0 Å². The van der Waals surface area contributed by atoms with Gasteiger partial charge in [-0.15, -0.1) is 24.0 Å². The number of piperidine rings is 1. The third kappa shape index (κ3) is 6.34. The largest absolute Gasteiger partial charge is 0.376 e. The summed E-state index contributed by atoms with van der Waals surface area (Å²) < 4.78 is 16.7. The fourth-order valence-corrected chi connectivity index (χ4v) is 3.23. The van der Waals surface area contributed by atoms with Crippen LogP contribution in [0.3, 0.4) is 0 Å². The SMILES string of the molecule is CCNC(=NCc1noc(C)n1)N1CCC(OCC2CCCO2)CC1.I. The third-order valence-electron chi connectivity index (χ3n) is 4.56. The molecule has 8 nitrogen and oxygen atoms in total. The van der Waals surface area contributed by atoms with Crippen molar-refractivity contribution >= 4 is 29.9 Å². The molecule has 0 spiro atoms. The molecule has 148 valence electrons. The first-order valence-corrected chi connectivity index (χ1v) is 9.30. The topological polar surface area (TPSA) is 85.0 Å². The van der Waals surface area contributed by atoms with Crippen LogP contribution in [-0.4, -0.2) is 66.1 Å². The number of nitrogens with zero attached hydrogens (tertiary/aromatic N) is 4. The number of hydrogen-bond acceptors (Lipinski definition) is 6. The standard InChI is InChI=1S/C17H29N5O3.HI/c1-3-18-17(19-11-16-20-13(2)25-21-16)22-8-6-14(7-9-22)24-12-15-5-4-10-23-15;/h14-15H,3-12H2,1-2H3,(H,18,19);1H. The van der Waals surface area contributed by atoms with Crippen molar-refractivity contribution in [1.82, 2.24) is 20.4 Å². The summed E-state index contributed by atoms with van der Waals surface area (Å²) in [5.74, 6) is 2.09. The molecule has 3 heterocycles. The summed E-state index contributed by atoms with van der Waals surface area (Å²) in [6, 6.07) is 0. The van der Waals surface area contributed by atoms with E-state index >= 15 is 0 Å². The van der Waals surface area contributed by atoms with Crippen molar-refractivity contribution in [2.24, 2.45) is 4.99 Å². The second-order valence-corrected chi connectivity index (χ2v) is 6.55. The van der Waals surface area contributed by atoms with Crippen molar-refractivity contribution in [2.45, 2.75) is 58.3 Å². The van der Waals surface area contributed by atoms with Gasteiger partial charge in [0.15, 0.2) is 11.8 Å². The molecule has 2 aliphatic heterocycles. The van der Waals surface area contributed by atoms with Crippen LogP contribution in [0.15, 0.2) is 9.52 Å². The lowest BCUT2D eigenvalue weighted by Gasteiger charge is -2.34. The Balaban J connectivity index is 0.00000243. The Hall–Kier alpha value is -0.940. The molecular formula is C17H30IN5O3. The zero-order chi connectivity index (χ0) is 17.5.